The Morgan fingerprint density at radius 1 is 1.55 bits per heavy atom. The van der Waals surface area contributed by atoms with E-state index < -0.39 is 0 Å². The Bertz CT molecular complexity index is 611. The molecule has 1 atom stereocenters. The number of nitrogens with zero attached hydrogens (tertiary/aromatic N) is 4. The zero-order valence-corrected chi connectivity index (χ0v) is 13.0. The van der Waals surface area contributed by atoms with Crippen molar-refractivity contribution in [2.24, 2.45) is 11.7 Å². The van der Waals surface area contributed by atoms with Gasteiger partial charge in [0.15, 0.2) is 0 Å². The van der Waals surface area contributed by atoms with Gasteiger partial charge in [-0.3, -0.25) is 4.79 Å². The molecule has 0 aliphatic rings. The minimum absolute atomic E-state index is 0.0752. The predicted molar refractivity (Wildman–Crippen MR) is 78.2 cm³/mol. The summed E-state index contributed by atoms with van der Waals surface area (Å²) in [6, 6.07) is -0.0752. The summed E-state index contributed by atoms with van der Waals surface area (Å²) in [4.78, 5) is 20.3. The lowest BCUT2D eigenvalue weighted by atomic mass is 10.0. The molecule has 0 aliphatic carbocycles. The molecule has 2 aromatic rings. The molecular formula is C12H17BrN6O. The van der Waals surface area contributed by atoms with Crippen molar-refractivity contribution in [1.82, 2.24) is 24.9 Å². The van der Waals surface area contributed by atoms with E-state index in [2.05, 4.69) is 50.2 Å². The van der Waals surface area contributed by atoms with Gasteiger partial charge < -0.3 is 11.1 Å². The molecule has 0 aliphatic heterocycles. The molecule has 0 bridgehead atoms. The summed E-state index contributed by atoms with van der Waals surface area (Å²) in [5, 5.41) is 6.95. The first-order chi connectivity index (χ1) is 9.49. The number of nitrogens with two attached hydrogens (primary N) is 1. The van der Waals surface area contributed by atoms with E-state index in [0.29, 0.717) is 18.2 Å². The predicted octanol–water partition coefficient (Wildman–Crippen LogP) is 0.990. The van der Waals surface area contributed by atoms with Crippen molar-refractivity contribution in [1.29, 1.82) is 0 Å². The first-order valence-electron chi connectivity index (χ1n) is 6.38. The van der Waals surface area contributed by atoms with Crippen molar-refractivity contribution >= 4 is 27.6 Å². The summed E-state index contributed by atoms with van der Waals surface area (Å²) in [5.41, 5.74) is 5.66. The third-order valence-electron chi connectivity index (χ3n) is 2.74. The van der Waals surface area contributed by atoms with Crippen LogP contribution < -0.4 is 11.1 Å². The van der Waals surface area contributed by atoms with Gasteiger partial charge in [-0.05, 0) is 28.3 Å². The fourth-order valence-corrected chi connectivity index (χ4v) is 2.18. The summed E-state index contributed by atoms with van der Waals surface area (Å²) in [6.07, 6.45) is 4.12. The molecule has 0 radical (unpaired) electrons. The van der Waals surface area contributed by atoms with Crippen LogP contribution in [0.5, 0.6) is 0 Å². The van der Waals surface area contributed by atoms with E-state index in [1.165, 1.54) is 4.52 Å². The number of rotatable bonds is 5. The number of fused-ring (bicyclic) bond motifs is 1. The third-order valence-corrected chi connectivity index (χ3v) is 3.15. The normalized spacial score (nSPS) is 12.8. The summed E-state index contributed by atoms with van der Waals surface area (Å²) in [7, 11) is 0. The van der Waals surface area contributed by atoms with Crippen LogP contribution in [0, 0.1) is 5.92 Å². The highest BCUT2D eigenvalue weighted by Crippen LogP contribution is 2.08. The van der Waals surface area contributed by atoms with E-state index in [4.69, 9.17) is 5.73 Å². The van der Waals surface area contributed by atoms with Crippen LogP contribution in [0.2, 0.25) is 0 Å². The molecule has 3 N–H and O–H groups in total. The van der Waals surface area contributed by atoms with Crippen molar-refractivity contribution in [2.75, 3.05) is 6.54 Å². The largest absolute Gasteiger partial charge is 0.345 e. The standard InChI is InChI=1S/C12H17BrN6O/c1-7(2)3-9(4-14)16-11(20)10-17-12-15-5-8(13)6-19(12)18-10/h5-7,9H,3-4,14H2,1-2H3,(H,16,20). The van der Waals surface area contributed by atoms with Gasteiger partial charge in [-0.1, -0.05) is 13.8 Å². The molecule has 2 heterocycles. The Kier molecular flexibility index (Phi) is 4.66. The summed E-state index contributed by atoms with van der Waals surface area (Å²) >= 11 is 3.29. The fourth-order valence-electron chi connectivity index (χ4n) is 1.89. The number of carbonyl (C=O) groups excluding carboxylic acids is 1. The smallest absolute Gasteiger partial charge is 0.291 e. The Balaban J connectivity index is 2.14. The van der Waals surface area contributed by atoms with Gasteiger partial charge in [0.25, 0.3) is 11.7 Å². The van der Waals surface area contributed by atoms with Crippen molar-refractivity contribution < 1.29 is 4.79 Å². The number of hydrogen-bond donors (Lipinski definition) is 2. The topological polar surface area (TPSA) is 98.2 Å². The molecule has 1 amide bonds. The molecule has 8 heteroatoms. The highest BCUT2D eigenvalue weighted by atomic mass is 79.9. The number of aromatic nitrogens is 4. The molecule has 7 nitrogen and oxygen atoms in total. The number of nitrogens with one attached hydrogen (secondary N) is 1. The maximum absolute atomic E-state index is 12.1. The van der Waals surface area contributed by atoms with Crippen molar-refractivity contribution in [3.8, 4) is 0 Å². The van der Waals surface area contributed by atoms with Crippen molar-refractivity contribution in [3.05, 3.63) is 22.7 Å². The van der Waals surface area contributed by atoms with Gasteiger partial charge in [-0.15, -0.1) is 5.10 Å². The molecule has 2 rings (SSSR count). The Morgan fingerprint density at radius 3 is 2.95 bits per heavy atom. The maximum atomic E-state index is 12.1. The highest BCUT2D eigenvalue weighted by molar-refractivity contribution is 9.10. The second-order valence-corrected chi connectivity index (χ2v) is 5.90. The van der Waals surface area contributed by atoms with Gasteiger partial charge >= 0.3 is 0 Å². The number of hydrogen-bond acceptors (Lipinski definition) is 5. The molecule has 0 fully saturated rings. The fraction of sp³-hybridized carbons (Fsp3) is 0.500. The van der Waals surface area contributed by atoms with E-state index in [1.807, 2.05) is 0 Å². The second-order valence-electron chi connectivity index (χ2n) is 4.99. The Labute approximate surface area is 125 Å². The molecule has 0 saturated heterocycles. The van der Waals surface area contributed by atoms with Crippen LogP contribution in [0.3, 0.4) is 0 Å². The van der Waals surface area contributed by atoms with Crippen molar-refractivity contribution in [3.63, 3.8) is 0 Å². The van der Waals surface area contributed by atoms with E-state index in [0.717, 1.165) is 10.9 Å². The lowest BCUT2D eigenvalue weighted by Gasteiger charge is -2.17. The van der Waals surface area contributed by atoms with Gasteiger partial charge in [0.05, 0.1) is 4.47 Å². The minimum atomic E-state index is -0.331. The monoisotopic (exact) mass is 340 g/mol. The Morgan fingerprint density at radius 2 is 2.30 bits per heavy atom. The van der Waals surface area contributed by atoms with Crippen LogP contribution in [0.4, 0.5) is 0 Å². The molecule has 1 unspecified atom stereocenters. The molecule has 20 heavy (non-hydrogen) atoms. The summed E-state index contributed by atoms with van der Waals surface area (Å²) < 4.78 is 2.22. The lowest BCUT2D eigenvalue weighted by Crippen LogP contribution is -2.41. The van der Waals surface area contributed by atoms with Crippen LogP contribution in [0.1, 0.15) is 30.9 Å². The van der Waals surface area contributed by atoms with Crippen molar-refractivity contribution in [2.45, 2.75) is 26.3 Å². The average Bonchev–Trinajstić information content (AvgIpc) is 2.80. The minimum Gasteiger partial charge on any atom is -0.345 e. The molecular weight excluding hydrogens is 324 g/mol. The van der Waals surface area contributed by atoms with Crippen LogP contribution in [-0.4, -0.2) is 38.1 Å². The first-order valence-corrected chi connectivity index (χ1v) is 7.17. The summed E-state index contributed by atoms with van der Waals surface area (Å²) in [5.74, 6) is 0.600. The third kappa shape index (κ3) is 3.51. The van der Waals surface area contributed by atoms with E-state index in [-0.39, 0.29) is 17.8 Å². The lowest BCUT2D eigenvalue weighted by molar-refractivity contribution is 0.0923. The SMILES string of the molecule is CC(C)CC(CN)NC(=O)c1nc2ncc(Br)cn2n1. The van der Waals surface area contributed by atoms with Gasteiger partial charge in [-0.25, -0.2) is 9.50 Å². The number of amides is 1. The first kappa shape index (κ1) is 14.9. The quantitative estimate of drug-likeness (QED) is 0.845. The average molecular weight is 341 g/mol. The Hall–Kier alpha value is -1.54. The number of halogens is 1. The maximum Gasteiger partial charge on any atom is 0.291 e. The van der Waals surface area contributed by atoms with E-state index in [9.17, 15) is 4.79 Å². The summed E-state index contributed by atoms with van der Waals surface area (Å²) in [6.45, 7) is 4.56. The van der Waals surface area contributed by atoms with Gasteiger partial charge in [0.1, 0.15) is 0 Å². The molecule has 0 aromatic carbocycles. The molecule has 0 spiro atoms. The molecule has 108 valence electrons. The van der Waals surface area contributed by atoms with E-state index >= 15 is 0 Å². The van der Waals surface area contributed by atoms with Crippen LogP contribution in [0.15, 0.2) is 16.9 Å². The second kappa shape index (κ2) is 6.27. The number of carbonyl (C=O) groups is 1. The molecule has 2 aromatic heterocycles. The van der Waals surface area contributed by atoms with Crippen LogP contribution in [0.25, 0.3) is 5.78 Å². The zero-order chi connectivity index (χ0) is 14.7. The zero-order valence-electron chi connectivity index (χ0n) is 11.4. The van der Waals surface area contributed by atoms with Crippen LogP contribution >= 0.6 is 15.9 Å². The van der Waals surface area contributed by atoms with Gasteiger partial charge in [0.2, 0.25) is 5.82 Å². The van der Waals surface area contributed by atoms with Gasteiger partial charge in [0, 0.05) is 25.0 Å². The van der Waals surface area contributed by atoms with Gasteiger partial charge in [-0.2, -0.15) is 4.98 Å². The van der Waals surface area contributed by atoms with E-state index in [1.54, 1.807) is 12.4 Å². The molecule has 0 saturated carbocycles. The van der Waals surface area contributed by atoms with Crippen LogP contribution in [-0.2, 0) is 0 Å². The highest BCUT2D eigenvalue weighted by Gasteiger charge is 2.18.